The maximum atomic E-state index is 13.1. The first kappa shape index (κ1) is 23.4. The van der Waals surface area contributed by atoms with Crippen molar-refractivity contribution in [2.45, 2.75) is 76.8 Å². The Bertz CT molecular complexity index is 1120. The van der Waals surface area contributed by atoms with Crippen LogP contribution in [-0.2, 0) is 16.2 Å². The minimum Gasteiger partial charge on any atom is -0.336 e. The minimum atomic E-state index is -1.31. The predicted molar refractivity (Wildman–Crippen MR) is 127 cm³/mol. The molecule has 0 atom stereocenters. The van der Waals surface area contributed by atoms with Crippen molar-refractivity contribution in [3.63, 3.8) is 0 Å². The normalized spacial score (nSPS) is 15.6. The Balaban J connectivity index is 1.68. The van der Waals surface area contributed by atoms with Crippen molar-refractivity contribution in [3.05, 3.63) is 52.0 Å². The zero-order valence-electron chi connectivity index (χ0n) is 19.1. The number of rotatable bonds is 8. The van der Waals surface area contributed by atoms with Gasteiger partial charge in [-0.3, -0.25) is 9.74 Å². The Labute approximate surface area is 197 Å². The van der Waals surface area contributed by atoms with Gasteiger partial charge in [0.2, 0.25) is 0 Å². The first-order valence-corrected chi connectivity index (χ1v) is 12.6. The van der Waals surface area contributed by atoms with E-state index in [2.05, 4.69) is 40.1 Å². The molecule has 6 nitrogen and oxygen atoms in total. The number of fused-ring (bicyclic) bond motifs is 1. The molecule has 2 aromatic heterocycles. The summed E-state index contributed by atoms with van der Waals surface area (Å²) in [5.41, 5.74) is 0.823. The highest BCUT2D eigenvalue weighted by Crippen LogP contribution is 2.31. The van der Waals surface area contributed by atoms with E-state index in [9.17, 15) is 14.1 Å². The van der Waals surface area contributed by atoms with Crippen molar-refractivity contribution in [3.8, 4) is 0 Å². The van der Waals surface area contributed by atoms with E-state index in [1.165, 1.54) is 4.88 Å². The molecule has 0 saturated heterocycles. The van der Waals surface area contributed by atoms with E-state index >= 15 is 0 Å². The van der Waals surface area contributed by atoms with Crippen LogP contribution in [0.25, 0.3) is 11.0 Å². The van der Waals surface area contributed by atoms with E-state index in [0.29, 0.717) is 24.4 Å². The van der Waals surface area contributed by atoms with Gasteiger partial charge >= 0.3 is 5.97 Å². The molecule has 1 N–H and O–H groups in total. The molecule has 1 amide bonds. The van der Waals surface area contributed by atoms with E-state index in [4.69, 9.17) is 4.98 Å². The molecule has 1 aromatic carbocycles. The average Bonchev–Trinajstić information content (AvgIpc) is 3.47. The van der Waals surface area contributed by atoms with E-state index in [-0.39, 0.29) is 0 Å². The summed E-state index contributed by atoms with van der Waals surface area (Å²) in [6.07, 6.45) is 5.86. The third-order valence-electron chi connectivity index (χ3n) is 6.77. The highest BCUT2D eigenvalue weighted by Gasteiger charge is 2.43. The number of aromatic nitrogens is 2. The number of benzene rings is 1. The third-order valence-corrected chi connectivity index (χ3v) is 7.64. The van der Waals surface area contributed by atoms with Crippen molar-refractivity contribution in [1.82, 2.24) is 14.9 Å². The SMILES string of the molecule is CCC(CC)n1c(Cc2cccs2)nc2cc(C(=O)NC3(C(=O)OF)CCCCC3)ccc21. The zero-order chi connectivity index (χ0) is 23.4. The molecule has 0 bridgehead atoms. The maximum absolute atomic E-state index is 13.1. The number of amides is 1. The molecule has 176 valence electrons. The predicted octanol–water partition coefficient (Wildman–Crippen LogP) is 5.91. The molecule has 0 aliphatic heterocycles. The van der Waals surface area contributed by atoms with Gasteiger partial charge in [0.15, 0.2) is 0 Å². The fraction of sp³-hybridized carbons (Fsp3) is 0.480. The lowest BCUT2D eigenvalue weighted by atomic mass is 9.81. The summed E-state index contributed by atoms with van der Waals surface area (Å²) in [4.78, 5) is 35.0. The Hall–Kier alpha value is -2.74. The van der Waals surface area contributed by atoms with Gasteiger partial charge in [0.1, 0.15) is 11.4 Å². The molecule has 33 heavy (non-hydrogen) atoms. The molecule has 0 spiro atoms. The van der Waals surface area contributed by atoms with Crippen LogP contribution >= 0.6 is 11.3 Å². The number of nitrogens with one attached hydrogen (secondary N) is 1. The molecule has 1 saturated carbocycles. The number of hydrogen-bond acceptors (Lipinski definition) is 5. The second-order valence-corrected chi connectivity index (χ2v) is 9.82. The fourth-order valence-corrected chi connectivity index (χ4v) is 5.65. The molecule has 3 aromatic rings. The molecule has 4 rings (SSSR count). The molecule has 0 radical (unpaired) electrons. The van der Waals surface area contributed by atoms with Crippen LogP contribution in [0.3, 0.4) is 0 Å². The number of carbonyl (C=O) groups excluding carboxylic acids is 2. The molecule has 1 aliphatic carbocycles. The second-order valence-electron chi connectivity index (χ2n) is 8.79. The second kappa shape index (κ2) is 10.0. The van der Waals surface area contributed by atoms with Gasteiger partial charge < -0.3 is 9.88 Å². The largest absolute Gasteiger partial charge is 0.373 e. The molecular weight excluding hydrogens is 441 g/mol. The van der Waals surface area contributed by atoms with Gasteiger partial charge in [-0.05, 0) is 55.3 Å². The Morgan fingerprint density at radius 1 is 1.21 bits per heavy atom. The van der Waals surface area contributed by atoms with Gasteiger partial charge in [-0.25, -0.2) is 9.78 Å². The van der Waals surface area contributed by atoms with Crippen LogP contribution in [0.2, 0.25) is 0 Å². The summed E-state index contributed by atoms with van der Waals surface area (Å²) < 4.78 is 15.1. The van der Waals surface area contributed by atoms with Gasteiger partial charge in [-0.1, -0.05) is 39.2 Å². The van der Waals surface area contributed by atoms with Crippen LogP contribution in [0.15, 0.2) is 35.7 Å². The number of halogens is 1. The smallest absolute Gasteiger partial charge is 0.336 e. The van der Waals surface area contributed by atoms with Crippen LogP contribution in [0.4, 0.5) is 4.53 Å². The average molecular weight is 472 g/mol. The van der Waals surface area contributed by atoms with Gasteiger partial charge in [-0.2, -0.15) is 0 Å². The molecule has 8 heteroatoms. The molecule has 0 unspecified atom stereocenters. The van der Waals surface area contributed by atoms with Crippen molar-refractivity contribution >= 4 is 34.2 Å². The highest BCUT2D eigenvalue weighted by molar-refractivity contribution is 7.09. The summed E-state index contributed by atoms with van der Waals surface area (Å²) in [5.74, 6) is -0.461. The summed E-state index contributed by atoms with van der Waals surface area (Å²) in [5, 5.41) is 4.84. The van der Waals surface area contributed by atoms with Crippen molar-refractivity contribution in [2.24, 2.45) is 0 Å². The van der Waals surface area contributed by atoms with E-state index in [1.54, 1.807) is 23.5 Å². The lowest BCUT2D eigenvalue weighted by Gasteiger charge is -2.34. The Kier molecular flexibility index (Phi) is 7.12. The summed E-state index contributed by atoms with van der Waals surface area (Å²) in [6.45, 7) is 4.34. The molecule has 2 heterocycles. The van der Waals surface area contributed by atoms with Crippen molar-refractivity contribution < 1.29 is 19.1 Å². The van der Waals surface area contributed by atoms with Crippen LogP contribution in [0, 0.1) is 0 Å². The zero-order valence-corrected chi connectivity index (χ0v) is 19.9. The first-order valence-electron chi connectivity index (χ1n) is 11.7. The number of imidazole rings is 1. The number of thiophene rings is 1. The Morgan fingerprint density at radius 2 is 1.97 bits per heavy atom. The maximum Gasteiger partial charge on any atom is 0.373 e. The first-order chi connectivity index (χ1) is 16.0. The lowest BCUT2D eigenvalue weighted by molar-refractivity contribution is -0.193. The fourth-order valence-electron chi connectivity index (χ4n) is 4.94. The van der Waals surface area contributed by atoms with Gasteiger partial charge in [0.05, 0.1) is 11.0 Å². The topological polar surface area (TPSA) is 73.2 Å². The quantitative estimate of drug-likeness (QED) is 0.443. The summed E-state index contributed by atoms with van der Waals surface area (Å²) in [7, 11) is 0. The summed E-state index contributed by atoms with van der Waals surface area (Å²) >= 11 is 1.70. The Morgan fingerprint density at radius 3 is 2.61 bits per heavy atom. The van der Waals surface area contributed by atoms with E-state index in [1.807, 2.05) is 12.1 Å². The van der Waals surface area contributed by atoms with Crippen LogP contribution in [0.1, 0.15) is 85.9 Å². The van der Waals surface area contributed by atoms with Gasteiger partial charge in [0, 0.05) is 27.4 Å². The van der Waals surface area contributed by atoms with E-state index in [0.717, 1.165) is 55.4 Å². The lowest BCUT2D eigenvalue weighted by Crippen LogP contribution is -2.55. The molecule has 1 fully saturated rings. The summed E-state index contributed by atoms with van der Waals surface area (Å²) in [6, 6.07) is 9.90. The highest BCUT2D eigenvalue weighted by atomic mass is 32.1. The molecular formula is C25H30FN3O3S. The van der Waals surface area contributed by atoms with Crippen LogP contribution in [0.5, 0.6) is 0 Å². The van der Waals surface area contributed by atoms with Crippen LogP contribution < -0.4 is 5.32 Å². The third kappa shape index (κ3) is 4.67. The monoisotopic (exact) mass is 471 g/mol. The minimum absolute atomic E-state index is 0.314. The van der Waals surface area contributed by atoms with Crippen molar-refractivity contribution in [2.75, 3.05) is 0 Å². The number of carbonyl (C=O) groups is 2. The standard InChI is InChI=1S/C25H30FN3O3S/c1-3-18(4-2)29-21-11-10-17(15-20(21)27-22(29)16-19-9-8-14-33-19)23(30)28-25(24(31)32-26)12-6-5-7-13-25/h8-11,14-15,18H,3-7,12-13,16H2,1-2H3,(H,28,30). The van der Waals surface area contributed by atoms with Crippen LogP contribution in [-0.4, -0.2) is 27.0 Å². The van der Waals surface area contributed by atoms with E-state index < -0.39 is 17.4 Å². The van der Waals surface area contributed by atoms with Crippen molar-refractivity contribution in [1.29, 1.82) is 0 Å². The number of nitrogens with zero attached hydrogens (tertiary/aromatic N) is 2. The molecule has 1 aliphatic rings. The number of hydrogen-bond donors (Lipinski definition) is 1. The van der Waals surface area contributed by atoms with Gasteiger partial charge in [-0.15, -0.1) is 11.3 Å². The van der Waals surface area contributed by atoms with Gasteiger partial charge in [0.25, 0.3) is 5.91 Å².